The first-order valence-corrected chi connectivity index (χ1v) is 8.34. The lowest BCUT2D eigenvalue weighted by Gasteiger charge is -2.52. The highest BCUT2D eigenvalue weighted by atomic mass is 32.1. The van der Waals surface area contributed by atoms with Crippen molar-refractivity contribution < 1.29 is 4.74 Å². The van der Waals surface area contributed by atoms with E-state index in [0.717, 1.165) is 23.0 Å². The second-order valence-electron chi connectivity index (χ2n) is 6.70. The van der Waals surface area contributed by atoms with Crippen LogP contribution < -0.4 is 15.0 Å². The summed E-state index contributed by atoms with van der Waals surface area (Å²) in [6.45, 7) is 6.32. The third kappa shape index (κ3) is 2.29. The van der Waals surface area contributed by atoms with Crippen LogP contribution in [0.3, 0.4) is 0 Å². The highest BCUT2D eigenvalue weighted by Gasteiger charge is 2.48. The summed E-state index contributed by atoms with van der Waals surface area (Å²) in [5.41, 5.74) is 4.25. The normalized spacial score (nSPS) is 25.4. The first-order valence-electron chi connectivity index (χ1n) is 7.93. The summed E-state index contributed by atoms with van der Waals surface area (Å²) < 4.78 is 6.42. The van der Waals surface area contributed by atoms with Crippen molar-refractivity contribution in [2.45, 2.75) is 39.0 Å². The number of thiocarbonyl (C=S) groups is 1. The van der Waals surface area contributed by atoms with Gasteiger partial charge in [0.05, 0.1) is 6.04 Å². The first kappa shape index (κ1) is 14.5. The molecule has 1 N–H and O–H groups in total. The lowest BCUT2D eigenvalue weighted by molar-refractivity contribution is 0.0497. The lowest BCUT2D eigenvalue weighted by Crippen LogP contribution is -2.65. The molecule has 0 amide bonds. The van der Waals surface area contributed by atoms with E-state index in [9.17, 15) is 0 Å². The molecule has 4 rings (SSSR count). The number of hydrogen-bond donors (Lipinski definition) is 1. The van der Waals surface area contributed by atoms with E-state index in [-0.39, 0.29) is 6.04 Å². The average molecular weight is 324 g/mol. The minimum absolute atomic E-state index is 0.206. The monoisotopic (exact) mass is 324 g/mol. The van der Waals surface area contributed by atoms with Crippen molar-refractivity contribution in [1.82, 2.24) is 5.32 Å². The summed E-state index contributed by atoms with van der Waals surface area (Å²) in [4.78, 5) is 2.11. The van der Waals surface area contributed by atoms with E-state index < -0.39 is 5.72 Å². The topological polar surface area (TPSA) is 24.5 Å². The number of aryl methyl sites for hydroxylation is 2. The number of benzene rings is 2. The van der Waals surface area contributed by atoms with Gasteiger partial charge in [-0.25, -0.2) is 0 Å². The molecule has 23 heavy (non-hydrogen) atoms. The van der Waals surface area contributed by atoms with Gasteiger partial charge in [0.1, 0.15) is 5.75 Å². The number of rotatable bonds is 1. The minimum atomic E-state index is -0.469. The molecule has 2 aliphatic heterocycles. The van der Waals surface area contributed by atoms with E-state index in [1.165, 1.54) is 16.7 Å². The highest BCUT2D eigenvalue weighted by Crippen LogP contribution is 2.45. The molecule has 4 heteroatoms. The molecule has 1 fully saturated rings. The highest BCUT2D eigenvalue weighted by molar-refractivity contribution is 7.80. The van der Waals surface area contributed by atoms with Crippen molar-refractivity contribution in [3.8, 4) is 5.75 Å². The van der Waals surface area contributed by atoms with Crippen molar-refractivity contribution in [1.29, 1.82) is 0 Å². The fourth-order valence-corrected chi connectivity index (χ4v) is 4.09. The number of fused-ring (bicyclic) bond motifs is 4. The largest absolute Gasteiger partial charge is 0.467 e. The van der Waals surface area contributed by atoms with Crippen molar-refractivity contribution in [3.05, 3.63) is 59.2 Å². The summed E-state index contributed by atoms with van der Waals surface area (Å²) in [7, 11) is 0. The van der Waals surface area contributed by atoms with Crippen LogP contribution in [0.5, 0.6) is 5.75 Å². The van der Waals surface area contributed by atoms with Gasteiger partial charge in [-0.3, -0.25) is 4.90 Å². The van der Waals surface area contributed by atoms with Crippen LogP contribution in [0.25, 0.3) is 0 Å². The molecule has 0 aromatic heterocycles. The third-order valence-electron chi connectivity index (χ3n) is 4.69. The Balaban J connectivity index is 1.81. The maximum absolute atomic E-state index is 6.42. The van der Waals surface area contributed by atoms with E-state index in [4.69, 9.17) is 17.0 Å². The van der Waals surface area contributed by atoms with E-state index >= 15 is 0 Å². The van der Waals surface area contributed by atoms with Gasteiger partial charge in [0.2, 0.25) is 0 Å². The maximum atomic E-state index is 6.42. The van der Waals surface area contributed by atoms with Crippen LogP contribution in [-0.2, 0) is 0 Å². The Hall–Kier alpha value is -2.07. The standard InChI is InChI=1S/C19H20N2OS/c1-12-5-4-6-14(9-12)21-18(23)20-16-11-19(21,3)22-17-8-7-13(2)10-15(16)17/h4-10,16H,11H2,1-3H3,(H,20,23). The lowest BCUT2D eigenvalue weighted by atomic mass is 9.89. The van der Waals surface area contributed by atoms with E-state index in [2.05, 4.69) is 73.5 Å². The minimum Gasteiger partial charge on any atom is -0.467 e. The van der Waals surface area contributed by atoms with Crippen molar-refractivity contribution in [2.24, 2.45) is 0 Å². The molecular weight excluding hydrogens is 304 g/mol. The van der Waals surface area contributed by atoms with Crippen LogP contribution in [-0.4, -0.2) is 10.8 Å². The van der Waals surface area contributed by atoms with Gasteiger partial charge in [0.25, 0.3) is 0 Å². The van der Waals surface area contributed by atoms with Crippen LogP contribution in [0.1, 0.15) is 36.1 Å². The van der Waals surface area contributed by atoms with Crippen LogP contribution in [0.15, 0.2) is 42.5 Å². The number of ether oxygens (including phenoxy) is 1. The van der Waals surface area contributed by atoms with Crippen molar-refractivity contribution >= 4 is 23.0 Å². The SMILES string of the molecule is Cc1cccc(N2C(=S)NC3CC2(C)Oc2ccc(C)cc23)c1. The molecule has 0 aliphatic carbocycles. The van der Waals surface area contributed by atoms with Gasteiger partial charge in [0.15, 0.2) is 10.8 Å². The molecular formula is C19H20N2OS. The summed E-state index contributed by atoms with van der Waals surface area (Å²) in [5.74, 6) is 0.946. The Morgan fingerprint density at radius 3 is 2.74 bits per heavy atom. The first-order chi connectivity index (χ1) is 11.0. The molecule has 1 saturated heterocycles. The summed E-state index contributed by atoms with van der Waals surface area (Å²) in [5, 5.41) is 4.23. The van der Waals surface area contributed by atoms with Crippen LogP contribution in [0, 0.1) is 13.8 Å². The molecule has 118 valence electrons. The van der Waals surface area contributed by atoms with Gasteiger partial charge in [-0.1, -0.05) is 29.8 Å². The quantitative estimate of drug-likeness (QED) is 0.793. The molecule has 2 atom stereocenters. The Morgan fingerprint density at radius 1 is 1.17 bits per heavy atom. The summed E-state index contributed by atoms with van der Waals surface area (Å²) >= 11 is 5.68. The number of nitrogens with zero attached hydrogens (tertiary/aromatic N) is 1. The average Bonchev–Trinajstić information content (AvgIpc) is 2.47. The molecule has 2 aromatic carbocycles. The van der Waals surface area contributed by atoms with Crippen LogP contribution in [0.2, 0.25) is 0 Å². The Bertz CT molecular complexity index is 804. The Labute approximate surface area is 142 Å². The number of hydrogen-bond acceptors (Lipinski definition) is 2. The Kier molecular flexibility index (Phi) is 3.13. The molecule has 0 spiro atoms. The second kappa shape index (κ2) is 4.96. The van der Waals surface area contributed by atoms with E-state index in [1.54, 1.807) is 0 Å². The molecule has 2 aliphatic rings. The zero-order chi connectivity index (χ0) is 16.2. The van der Waals surface area contributed by atoms with Crippen molar-refractivity contribution in [3.63, 3.8) is 0 Å². The molecule has 0 radical (unpaired) electrons. The fourth-order valence-electron chi connectivity index (χ4n) is 3.65. The molecule has 2 bridgehead atoms. The van der Waals surface area contributed by atoms with Gasteiger partial charge in [0, 0.05) is 17.7 Å². The predicted molar refractivity (Wildman–Crippen MR) is 97.0 cm³/mol. The number of nitrogens with one attached hydrogen (secondary N) is 1. The van der Waals surface area contributed by atoms with Gasteiger partial charge in [-0.05, 0) is 56.8 Å². The third-order valence-corrected chi connectivity index (χ3v) is 4.99. The van der Waals surface area contributed by atoms with E-state index in [0.29, 0.717) is 0 Å². The summed E-state index contributed by atoms with van der Waals surface area (Å²) in [6.07, 6.45) is 0.859. The van der Waals surface area contributed by atoms with Gasteiger partial charge < -0.3 is 10.1 Å². The molecule has 0 saturated carbocycles. The van der Waals surface area contributed by atoms with Crippen LogP contribution in [0.4, 0.5) is 5.69 Å². The van der Waals surface area contributed by atoms with Crippen molar-refractivity contribution in [2.75, 3.05) is 4.90 Å². The smallest absolute Gasteiger partial charge is 0.188 e. The molecule has 2 heterocycles. The van der Waals surface area contributed by atoms with Crippen LogP contribution >= 0.6 is 12.2 Å². The molecule has 2 aromatic rings. The zero-order valence-electron chi connectivity index (χ0n) is 13.6. The predicted octanol–water partition coefficient (Wildman–Crippen LogP) is 4.24. The van der Waals surface area contributed by atoms with Gasteiger partial charge in [-0.15, -0.1) is 0 Å². The molecule has 2 unspecified atom stereocenters. The zero-order valence-corrected chi connectivity index (χ0v) is 14.4. The fraction of sp³-hybridized carbons (Fsp3) is 0.316. The Morgan fingerprint density at radius 2 is 1.96 bits per heavy atom. The maximum Gasteiger partial charge on any atom is 0.188 e. The number of anilines is 1. The van der Waals surface area contributed by atoms with Gasteiger partial charge >= 0.3 is 0 Å². The molecule has 3 nitrogen and oxygen atoms in total. The van der Waals surface area contributed by atoms with E-state index in [1.807, 2.05) is 0 Å². The summed E-state index contributed by atoms with van der Waals surface area (Å²) in [6, 6.07) is 14.9. The van der Waals surface area contributed by atoms with Gasteiger partial charge in [-0.2, -0.15) is 0 Å². The second-order valence-corrected chi connectivity index (χ2v) is 7.09.